The van der Waals surface area contributed by atoms with Crippen molar-refractivity contribution in [2.75, 3.05) is 26.4 Å². The van der Waals surface area contributed by atoms with E-state index in [-0.39, 0.29) is 18.4 Å². The molecule has 2 N–H and O–H groups in total. The fraction of sp³-hybridized carbons (Fsp3) is 0.889. The molecule has 76 valence electrons. The van der Waals surface area contributed by atoms with Crippen LogP contribution in [0.25, 0.3) is 0 Å². The van der Waals surface area contributed by atoms with E-state index in [0.29, 0.717) is 19.8 Å². The van der Waals surface area contributed by atoms with Crippen molar-refractivity contribution in [2.45, 2.75) is 19.3 Å². The minimum absolute atomic E-state index is 0.0383. The fourth-order valence-corrected chi connectivity index (χ4v) is 1.23. The molecule has 1 rings (SSSR count). The normalized spacial score (nSPS) is 16.7. The Morgan fingerprint density at radius 3 is 2.77 bits per heavy atom. The molecule has 1 aliphatic rings. The first-order chi connectivity index (χ1) is 6.34. The van der Waals surface area contributed by atoms with E-state index in [1.807, 2.05) is 0 Å². The van der Waals surface area contributed by atoms with Gasteiger partial charge in [-0.3, -0.25) is 4.79 Å². The van der Waals surface area contributed by atoms with E-state index in [4.69, 9.17) is 9.84 Å². The van der Waals surface area contributed by atoms with E-state index in [0.717, 1.165) is 12.8 Å². The number of hydrogen-bond acceptors (Lipinski definition) is 3. The van der Waals surface area contributed by atoms with Crippen molar-refractivity contribution in [3.8, 4) is 0 Å². The molecule has 1 aliphatic carbocycles. The Morgan fingerprint density at radius 2 is 2.23 bits per heavy atom. The van der Waals surface area contributed by atoms with Crippen molar-refractivity contribution >= 4 is 5.91 Å². The summed E-state index contributed by atoms with van der Waals surface area (Å²) in [7, 11) is 0. The molecule has 1 amide bonds. The minimum atomic E-state index is 0.0383. The molecular formula is C9H17NO3. The van der Waals surface area contributed by atoms with Crippen LogP contribution in [0.2, 0.25) is 0 Å². The summed E-state index contributed by atoms with van der Waals surface area (Å²) < 4.78 is 5.00. The number of rotatable bonds is 6. The second kappa shape index (κ2) is 5.94. The molecule has 0 radical (unpaired) electrons. The molecule has 4 nitrogen and oxygen atoms in total. The highest BCUT2D eigenvalue weighted by Gasteiger charge is 2.24. The summed E-state index contributed by atoms with van der Waals surface area (Å²) >= 11 is 0. The second-order valence-corrected chi connectivity index (χ2v) is 3.25. The largest absolute Gasteiger partial charge is 0.394 e. The molecule has 0 atom stereocenters. The summed E-state index contributed by atoms with van der Waals surface area (Å²) in [4.78, 5) is 11.2. The summed E-state index contributed by atoms with van der Waals surface area (Å²) in [5.74, 6) is 0.400. The van der Waals surface area contributed by atoms with Crippen molar-refractivity contribution in [1.29, 1.82) is 0 Å². The van der Waals surface area contributed by atoms with Crippen LogP contribution in [0.1, 0.15) is 19.3 Å². The third-order valence-corrected chi connectivity index (χ3v) is 2.26. The number of nitrogens with one attached hydrogen (secondary N) is 1. The maximum atomic E-state index is 11.2. The van der Waals surface area contributed by atoms with Crippen LogP contribution in [0.4, 0.5) is 0 Å². The van der Waals surface area contributed by atoms with Crippen molar-refractivity contribution < 1.29 is 14.6 Å². The van der Waals surface area contributed by atoms with Crippen molar-refractivity contribution in [3.05, 3.63) is 0 Å². The second-order valence-electron chi connectivity index (χ2n) is 3.25. The highest BCUT2D eigenvalue weighted by atomic mass is 16.5. The van der Waals surface area contributed by atoms with Gasteiger partial charge in [0.15, 0.2) is 0 Å². The number of ether oxygens (including phenoxy) is 1. The van der Waals surface area contributed by atoms with Gasteiger partial charge in [-0.2, -0.15) is 0 Å². The van der Waals surface area contributed by atoms with Gasteiger partial charge in [-0.1, -0.05) is 6.42 Å². The van der Waals surface area contributed by atoms with E-state index >= 15 is 0 Å². The average molecular weight is 187 g/mol. The van der Waals surface area contributed by atoms with E-state index < -0.39 is 0 Å². The van der Waals surface area contributed by atoms with Crippen LogP contribution in [0, 0.1) is 5.92 Å². The fourth-order valence-electron chi connectivity index (χ4n) is 1.23. The molecule has 0 aromatic rings. The number of aliphatic hydroxyl groups is 1. The van der Waals surface area contributed by atoms with Gasteiger partial charge in [0.25, 0.3) is 0 Å². The first-order valence-electron chi connectivity index (χ1n) is 4.81. The monoisotopic (exact) mass is 187 g/mol. The van der Waals surface area contributed by atoms with Crippen LogP contribution in [0.5, 0.6) is 0 Å². The zero-order chi connectivity index (χ0) is 9.52. The Bertz CT molecular complexity index is 157. The first kappa shape index (κ1) is 10.5. The van der Waals surface area contributed by atoms with Crippen LogP contribution in [0.3, 0.4) is 0 Å². The van der Waals surface area contributed by atoms with Gasteiger partial charge in [0.2, 0.25) is 5.91 Å². The zero-order valence-corrected chi connectivity index (χ0v) is 7.79. The molecule has 0 saturated heterocycles. The third-order valence-electron chi connectivity index (χ3n) is 2.26. The van der Waals surface area contributed by atoms with Gasteiger partial charge in [0, 0.05) is 12.5 Å². The summed E-state index contributed by atoms with van der Waals surface area (Å²) in [5, 5.41) is 11.2. The van der Waals surface area contributed by atoms with Crippen molar-refractivity contribution in [1.82, 2.24) is 5.32 Å². The summed E-state index contributed by atoms with van der Waals surface area (Å²) in [6.07, 6.45) is 3.24. The average Bonchev–Trinajstić information content (AvgIpc) is 2.01. The highest BCUT2D eigenvalue weighted by molar-refractivity contribution is 5.79. The molecule has 13 heavy (non-hydrogen) atoms. The molecule has 1 fully saturated rings. The highest BCUT2D eigenvalue weighted by Crippen LogP contribution is 2.25. The Balaban J connectivity index is 1.89. The molecule has 0 unspecified atom stereocenters. The zero-order valence-electron chi connectivity index (χ0n) is 7.79. The molecule has 0 bridgehead atoms. The molecule has 0 aromatic heterocycles. The summed E-state index contributed by atoms with van der Waals surface area (Å²) in [5.41, 5.74) is 0. The van der Waals surface area contributed by atoms with Gasteiger partial charge in [-0.25, -0.2) is 0 Å². The lowest BCUT2D eigenvalue weighted by Gasteiger charge is -2.23. The van der Waals surface area contributed by atoms with Gasteiger partial charge in [0.1, 0.15) is 0 Å². The van der Waals surface area contributed by atoms with E-state index in [1.54, 1.807) is 0 Å². The summed E-state index contributed by atoms with van der Waals surface area (Å²) in [6.45, 7) is 1.42. The van der Waals surface area contributed by atoms with Crippen LogP contribution in [-0.2, 0) is 9.53 Å². The smallest absolute Gasteiger partial charge is 0.223 e. The van der Waals surface area contributed by atoms with Gasteiger partial charge < -0.3 is 15.2 Å². The van der Waals surface area contributed by atoms with Gasteiger partial charge in [-0.15, -0.1) is 0 Å². The molecular weight excluding hydrogens is 170 g/mol. The van der Waals surface area contributed by atoms with Crippen LogP contribution >= 0.6 is 0 Å². The maximum Gasteiger partial charge on any atom is 0.223 e. The lowest BCUT2D eigenvalue weighted by Crippen LogP contribution is -2.36. The van der Waals surface area contributed by atoms with Crippen molar-refractivity contribution in [3.63, 3.8) is 0 Å². The van der Waals surface area contributed by atoms with Crippen LogP contribution in [0.15, 0.2) is 0 Å². The van der Waals surface area contributed by atoms with E-state index in [2.05, 4.69) is 5.32 Å². The third kappa shape index (κ3) is 3.74. The molecule has 0 heterocycles. The predicted molar refractivity (Wildman–Crippen MR) is 48.3 cm³/mol. The lowest BCUT2D eigenvalue weighted by molar-refractivity contribution is -0.127. The molecule has 4 heteroatoms. The number of aliphatic hydroxyl groups excluding tert-OH is 1. The van der Waals surface area contributed by atoms with E-state index in [9.17, 15) is 4.79 Å². The minimum Gasteiger partial charge on any atom is -0.394 e. The summed E-state index contributed by atoms with van der Waals surface area (Å²) in [6, 6.07) is 0. The Morgan fingerprint density at radius 1 is 1.46 bits per heavy atom. The van der Waals surface area contributed by atoms with Gasteiger partial charge in [0.05, 0.1) is 19.8 Å². The van der Waals surface area contributed by atoms with Gasteiger partial charge in [-0.05, 0) is 12.8 Å². The quantitative estimate of drug-likeness (QED) is 0.571. The Hall–Kier alpha value is -0.610. The molecule has 0 aromatic carbocycles. The van der Waals surface area contributed by atoms with Crippen LogP contribution < -0.4 is 5.32 Å². The molecule has 0 spiro atoms. The van der Waals surface area contributed by atoms with E-state index in [1.165, 1.54) is 6.42 Å². The number of carbonyl (C=O) groups excluding carboxylic acids is 1. The number of hydrogen-bond donors (Lipinski definition) is 2. The molecule has 0 aliphatic heterocycles. The lowest BCUT2D eigenvalue weighted by atomic mass is 9.85. The number of amides is 1. The SMILES string of the molecule is O=C(NCCOCCO)C1CCC1. The Labute approximate surface area is 78.3 Å². The van der Waals surface area contributed by atoms with Crippen LogP contribution in [-0.4, -0.2) is 37.4 Å². The van der Waals surface area contributed by atoms with Gasteiger partial charge >= 0.3 is 0 Å². The maximum absolute atomic E-state index is 11.2. The standard InChI is InChI=1S/C9H17NO3/c11-5-7-13-6-4-10-9(12)8-2-1-3-8/h8,11H,1-7H2,(H,10,12). The predicted octanol–water partition coefficient (Wildman–Crippen LogP) is -0.0884. The first-order valence-corrected chi connectivity index (χ1v) is 4.81. The number of carbonyl (C=O) groups is 1. The Kier molecular flexibility index (Phi) is 4.78. The van der Waals surface area contributed by atoms with Crippen molar-refractivity contribution in [2.24, 2.45) is 5.92 Å². The molecule has 1 saturated carbocycles. The topological polar surface area (TPSA) is 58.6 Å².